The molecule has 1 aromatic carbocycles. The first-order valence-corrected chi connectivity index (χ1v) is 14.7. The molecule has 1 N–H and O–H groups in total. The number of nitrogens with one attached hydrogen (secondary N) is 1. The number of ether oxygens (including phenoxy) is 7. The van der Waals surface area contributed by atoms with Gasteiger partial charge in [-0.05, 0) is 38.0 Å². The maximum Gasteiger partial charge on any atom is 0.350 e. The van der Waals surface area contributed by atoms with Gasteiger partial charge in [0.1, 0.15) is 18.8 Å². The van der Waals surface area contributed by atoms with Crippen LogP contribution in [-0.2, 0) is 63.6 Å². The average molecular weight is 637 g/mol. The Bertz CT molecular complexity index is 1220. The largest absolute Gasteiger partial charge is 0.463 e. The van der Waals surface area contributed by atoms with E-state index in [1.807, 2.05) is 0 Å². The molecule has 0 spiro atoms. The normalized spacial score (nSPS) is 21.4. The highest BCUT2D eigenvalue weighted by atomic mass is 16.7. The number of carbonyl (C=O) groups excluding carboxylic acids is 6. The van der Waals surface area contributed by atoms with Crippen molar-refractivity contribution in [3.05, 3.63) is 29.8 Å². The van der Waals surface area contributed by atoms with Crippen molar-refractivity contribution in [3.8, 4) is 0 Å². The third-order valence-electron chi connectivity index (χ3n) is 6.95. The van der Waals surface area contributed by atoms with Gasteiger partial charge in [0.05, 0.1) is 19.8 Å². The zero-order valence-corrected chi connectivity index (χ0v) is 26.0. The predicted octanol–water partition coefficient (Wildman–Crippen LogP) is 1.22. The third-order valence-corrected chi connectivity index (χ3v) is 6.95. The molecule has 1 unspecified atom stereocenters. The molecule has 4 atom stereocenters. The minimum atomic E-state index is -2.33. The first-order valence-electron chi connectivity index (χ1n) is 14.7. The lowest BCUT2D eigenvalue weighted by Crippen LogP contribution is -2.54. The van der Waals surface area contributed by atoms with E-state index in [0.29, 0.717) is 24.3 Å². The van der Waals surface area contributed by atoms with Crippen LogP contribution >= 0.6 is 0 Å². The summed E-state index contributed by atoms with van der Waals surface area (Å²) < 4.78 is 38.4. The highest BCUT2D eigenvalue weighted by Gasteiger charge is 2.54. The maximum absolute atomic E-state index is 13.5. The molecule has 2 heterocycles. The summed E-state index contributed by atoms with van der Waals surface area (Å²) in [6.45, 7) is 6.67. The molecule has 2 amide bonds. The molecule has 15 heteroatoms. The highest BCUT2D eigenvalue weighted by molar-refractivity contribution is 6.04. The zero-order chi connectivity index (χ0) is 33.1. The minimum absolute atomic E-state index is 0.0820. The zero-order valence-electron chi connectivity index (χ0n) is 26.0. The Labute approximate surface area is 260 Å². The Balaban J connectivity index is 1.95. The van der Waals surface area contributed by atoms with Crippen LogP contribution in [0, 0.1) is 0 Å². The van der Waals surface area contributed by atoms with Crippen LogP contribution in [0.1, 0.15) is 46.6 Å². The van der Waals surface area contributed by atoms with Gasteiger partial charge in [-0.15, -0.1) is 0 Å². The Morgan fingerprint density at radius 2 is 1.40 bits per heavy atom. The number of hydrogen-bond acceptors (Lipinski definition) is 13. The molecule has 1 aromatic rings. The number of anilines is 1. The van der Waals surface area contributed by atoms with Crippen molar-refractivity contribution in [1.29, 1.82) is 0 Å². The van der Waals surface area contributed by atoms with E-state index < -0.39 is 66.5 Å². The van der Waals surface area contributed by atoms with Crippen molar-refractivity contribution in [1.82, 2.24) is 5.32 Å². The van der Waals surface area contributed by atoms with Gasteiger partial charge in [-0.1, -0.05) is 12.1 Å². The van der Waals surface area contributed by atoms with Gasteiger partial charge >= 0.3 is 35.9 Å². The van der Waals surface area contributed by atoms with Crippen LogP contribution < -0.4 is 10.2 Å². The second kappa shape index (κ2) is 16.2. The smallest absolute Gasteiger partial charge is 0.350 e. The molecule has 2 fully saturated rings. The lowest BCUT2D eigenvalue weighted by molar-refractivity contribution is -0.198. The van der Waals surface area contributed by atoms with Crippen LogP contribution in [0.5, 0.6) is 0 Å². The number of carbonyl (C=O) groups is 6. The number of amides is 2. The summed E-state index contributed by atoms with van der Waals surface area (Å²) in [5.41, 5.74) is -1.23. The number of nitrogens with zero attached hydrogens (tertiary/aromatic N) is 1. The average Bonchev–Trinajstić information content (AvgIpc) is 3.29. The van der Waals surface area contributed by atoms with E-state index in [1.54, 1.807) is 43.0 Å². The molecule has 3 rings (SSSR count). The fourth-order valence-electron chi connectivity index (χ4n) is 5.01. The molecular formula is C30H40N2O13. The Morgan fingerprint density at radius 1 is 0.844 bits per heavy atom. The Hall–Kier alpha value is -4.24. The van der Waals surface area contributed by atoms with Crippen molar-refractivity contribution < 1.29 is 61.9 Å². The van der Waals surface area contributed by atoms with E-state index in [-0.39, 0.29) is 32.3 Å². The molecule has 2 aliphatic rings. The molecule has 0 aromatic heterocycles. The van der Waals surface area contributed by atoms with Gasteiger partial charge in [-0.3, -0.25) is 19.3 Å². The quantitative estimate of drug-likeness (QED) is 0.175. The van der Waals surface area contributed by atoms with Crippen LogP contribution in [0.3, 0.4) is 0 Å². The molecule has 0 saturated carbocycles. The summed E-state index contributed by atoms with van der Waals surface area (Å²) in [5.74, 6) is -4.13. The molecule has 45 heavy (non-hydrogen) atoms. The van der Waals surface area contributed by atoms with Crippen LogP contribution in [0.4, 0.5) is 10.5 Å². The van der Waals surface area contributed by atoms with E-state index >= 15 is 0 Å². The monoisotopic (exact) mass is 636 g/mol. The summed E-state index contributed by atoms with van der Waals surface area (Å²) in [5, 5.41) is 2.78. The van der Waals surface area contributed by atoms with Crippen molar-refractivity contribution in [2.24, 2.45) is 0 Å². The highest BCUT2D eigenvalue weighted by Crippen LogP contribution is 2.31. The van der Waals surface area contributed by atoms with Gasteiger partial charge in [-0.2, -0.15) is 0 Å². The summed E-state index contributed by atoms with van der Waals surface area (Å²) in [7, 11) is 0. The van der Waals surface area contributed by atoms with E-state index in [1.165, 1.54) is 6.92 Å². The third kappa shape index (κ3) is 9.14. The van der Waals surface area contributed by atoms with Crippen molar-refractivity contribution >= 4 is 41.6 Å². The van der Waals surface area contributed by atoms with Crippen LogP contribution in [-0.4, -0.2) is 105 Å². The number of hydrogen-bond donors (Lipinski definition) is 1. The van der Waals surface area contributed by atoms with Crippen molar-refractivity contribution in [2.75, 3.05) is 44.4 Å². The van der Waals surface area contributed by atoms with Crippen LogP contribution in [0.2, 0.25) is 0 Å². The van der Waals surface area contributed by atoms with Crippen LogP contribution in [0.15, 0.2) is 24.3 Å². The van der Waals surface area contributed by atoms with E-state index in [9.17, 15) is 28.8 Å². The molecule has 248 valence electrons. The first kappa shape index (κ1) is 35.2. The van der Waals surface area contributed by atoms with Crippen LogP contribution in [0.25, 0.3) is 0 Å². The molecule has 2 saturated heterocycles. The predicted molar refractivity (Wildman–Crippen MR) is 154 cm³/mol. The molecular weight excluding hydrogens is 596 g/mol. The fraction of sp³-hybridized carbons (Fsp3) is 0.600. The van der Waals surface area contributed by atoms with E-state index in [0.717, 1.165) is 20.3 Å². The van der Waals surface area contributed by atoms with Gasteiger partial charge in [0.2, 0.25) is 0 Å². The molecule has 2 aliphatic heterocycles. The summed E-state index contributed by atoms with van der Waals surface area (Å²) in [6.07, 6.45) is -4.24. The number of esters is 5. The van der Waals surface area contributed by atoms with E-state index in [2.05, 4.69) is 5.32 Å². The topological polar surface area (TPSA) is 182 Å². The number of rotatable bonds is 14. The first-order chi connectivity index (χ1) is 21.4. The number of urea groups is 1. The minimum Gasteiger partial charge on any atom is -0.463 e. The molecule has 0 radical (unpaired) electrons. The fourth-order valence-corrected chi connectivity index (χ4v) is 5.01. The molecule has 15 nitrogen and oxygen atoms in total. The Morgan fingerprint density at radius 3 is 1.89 bits per heavy atom. The second-order valence-electron chi connectivity index (χ2n) is 10.3. The van der Waals surface area contributed by atoms with Gasteiger partial charge < -0.3 is 38.5 Å². The number of benzene rings is 1. The summed E-state index contributed by atoms with van der Waals surface area (Å²) in [6, 6.07) is 6.42. The van der Waals surface area contributed by atoms with Gasteiger partial charge in [0.25, 0.3) is 5.60 Å². The maximum atomic E-state index is 13.5. The standard InChI is InChI=1S/C30H40N2O13/c1-6-39-27(36)30(28(37)40-7-2,15-21-9-11-22(12-10-21)32-14-8-13-31-29(32)38)42-17-24-26(44-20(5)35)25(43-19(4)34)23(45-24)16-41-18(3)33/h9-12,23-26H,6-8,13-17H2,1-5H3,(H,31,38)/t23?,24-,25+,26-/m1/s1. The lowest BCUT2D eigenvalue weighted by Gasteiger charge is -2.31. The SMILES string of the molecule is CCOC(=O)C(Cc1ccc(N2CCCNC2=O)cc1)(OC[C@H]1OC(COC(C)=O)[C@H](OC(C)=O)[C@@H]1OC(C)=O)C(=O)OCC. The van der Waals surface area contributed by atoms with Gasteiger partial charge in [-0.25, -0.2) is 14.4 Å². The summed E-state index contributed by atoms with van der Waals surface area (Å²) in [4.78, 5) is 76.3. The lowest BCUT2D eigenvalue weighted by atomic mass is 9.93. The van der Waals surface area contributed by atoms with Gasteiger partial charge in [0, 0.05) is 46.0 Å². The second-order valence-corrected chi connectivity index (χ2v) is 10.3. The van der Waals surface area contributed by atoms with Crippen molar-refractivity contribution in [2.45, 2.75) is 77.5 Å². The van der Waals surface area contributed by atoms with E-state index in [4.69, 9.17) is 33.2 Å². The van der Waals surface area contributed by atoms with Gasteiger partial charge in [0.15, 0.2) is 12.2 Å². The summed E-state index contributed by atoms with van der Waals surface area (Å²) >= 11 is 0. The molecule has 0 bridgehead atoms. The Kier molecular flexibility index (Phi) is 12.7. The van der Waals surface area contributed by atoms with Crippen molar-refractivity contribution in [3.63, 3.8) is 0 Å². The molecule has 0 aliphatic carbocycles.